The Bertz CT molecular complexity index is 274. The third-order valence-electron chi connectivity index (χ3n) is 2.27. The second-order valence-electron chi connectivity index (χ2n) is 4.07. The second kappa shape index (κ2) is 7.00. The minimum absolute atomic E-state index is 0.617. The van der Waals surface area contributed by atoms with Gasteiger partial charge in [0.05, 0.1) is 5.69 Å². The van der Waals surface area contributed by atoms with Crippen LogP contribution in [0.1, 0.15) is 76.4 Å². The molecule has 0 saturated heterocycles. The minimum Gasteiger partial charge on any atom is -0.197 e. The summed E-state index contributed by atoms with van der Waals surface area (Å²) in [5.41, 5.74) is 2.81. The van der Waals surface area contributed by atoms with Gasteiger partial charge in [0.2, 0.25) is 0 Å². The van der Waals surface area contributed by atoms with Crippen LogP contribution in [0.5, 0.6) is 0 Å². The van der Waals surface area contributed by atoms with Crippen LogP contribution in [0.3, 0.4) is 0 Å². The topological polar surface area (TPSA) is 12.9 Å². The SMILES string of the molecule is CC.CCc1nsc(C(C)C)c1C(C)C. The van der Waals surface area contributed by atoms with Crippen molar-refractivity contribution in [2.24, 2.45) is 0 Å². The summed E-state index contributed by atoms with van der Waals surface area (Å²) in [5, 5.41) is 0. The Hall–Kier alpha value is -0.370. The molecule has 0 radical (unpaired) electrons. The van der Waals surface area contributed by atoms with Gasteiger partial charge in [0, 0.05) is 4.88 Å². The zero-order valence-corrected chi connectivity index (χ0v) is 12.0. The maximum Gasteiger partial charge on any atom is 0.0576 e. The van der Waals surface area contributed by atoms with Crippen LogP contribution in [-0.2, 0) is 6.42 Å². The van der Waals surface area contributed by atoms with Crippen LogP contribution in [-0.4, -0.2) is 4.37 Å². The van der Waals surface area contributed by atoms with Crippen molar-refractivity contribution in [1.29, 1.82) is 0 Å². The molecule has 0 fully saturated rings. The fourth-order valence-electron chi connectivity index (χ4n) is 1.63. The van der Waals surface area contributed by atoms with E-state index < -0.39 is 0 Å². The molecular weight excluding hydrogens is 202 g/mol. The molecule has 0 amide bonds. The summed E-state index contributed by atoms with van der Waals surface area (Å²) in [4.78, 5) is 1.48. The van der Waals surface area contributed by atoms with Gasteiger partial charge < -0.3 is 0 Å². The van der Waals surface area contributed by atoms with E-state index in [-0.39, 0.29) is 0 Å². The number of hydrogen-bond donors (Lipinski definition) is 0. The van der Waals surface area contributed by atoms with Crippen LogP contribution in [0.15, 0.2) is 0 Å². The number of hydrogen-bond acceptors (Lipinski definition) is 2. The molecule has 0 aromatic carbocycles. The highest BCUT2D eigenvalue weighted by Gasteiger charge is 2.17. The van der Waals surface area contributed by atoms with Gasteiger partial charge in [-0.3, -0.25) is 0 Å². The molecule has 1 nitrogen and oxygen atoms in total. The maximum atomic E-state index is 4.52. The second-order valence-corrected chi connectivity index (χ2v) is 4.88. The Morgan fingerprint density at radius 2 is 1.60 bits per heavy atom. The largest absolute Gasteiger partial charge is 0.197 e. The molecule has 0 N–H and O–H groups in total. The summed E-state index contributed by atoms with van der Waals surface area (Å²) in [6, 6.07) is 0. The van der Waals surface area contributed by atoms with Gasteiger partial charge in [0.25, 0.3) is 0 Å². The van der Waals surface area contributed by atoms with E-state index in [0.29, 0.717) is 11.8 Å². The first-order valence-electron chi connectivity index (χ1n) is 6.06. The lowest BCUT2D eigenvalue weighted by Crippen LogP contribution is -1.97. The first-order chi connectivity index (χ1) is 7.07. The average Bonchev–Trinajstić information content (AvgIpc) is 2.64. The summed E-state index contributed by atoms with van der Waals surface area (Å²) < 4.78 is 4.52. The molecule has 1 rings (SSSR count). The molecule has 0 atom stereocenters. The van der Waals surface area contributed by atoms with Crippen molar-refractivity contribution >= 4 is 11.5 Å². The summed E-state index contributed by atoms with van der Waals surface area (Å²) in [5.74, 6) is 1.24. The highest BCUT2D eigenvalue weighted by Crippen LogP contribution is 2.32. The number of nitrogens with zero attached hydrogens (tertiary/aromatic N) is 1. The number of aromatic nitrogens is 1. The van der Waals surface area contributed by atoms with Crippen LogP contribution >= 0.6 is 11.5 Å². The molecule has 0 bridgehead atoms. The molecule has 0 aliphatic carbocycles. The first kappa shape index (κ1) is 14.6. The number of aryl methyl sites for hydroxylation is 1. The third-order valence-corrected chi connectivity index (χ3v) is 3.47. The molecule has 0 aliphatic rings. The van der Waals surface area contributed by atoms with E-state index in [1.807, 2.05) is 13.8 Å². The Balaban J connectivity index is 0.000000921. The monoisotopic (exact) mass is 227 g/mol. The zero-order valence-electron chi connectivity index (χ0n) is 11.2. The molecule has 0 unspecified atom stereocenters. The Labute approximate surface area is 99.1 Å². The van der Waals surface area contributed by atoms with E-state index in [2.05, 4.69) is 39.0 Å². The summed E-state index contributed by atoms with van der Waals surface area (Å²) in [7, 11) is 0. The minimum atomic E-state index is 0.617. The van der Waals surface area contributed by atoms with E-state index in [1.54, 1.807) is 11.5 Å². The first-order valence-corrected chi connectivity index (χ1v) is 6.83. The zero-order chi connectivity index (χ0) is 12.0. The maximum absolute atomic E-state index is 4.52. The van der Waals surface area contributed by atoms with Crippen LogP contribution in [0.25, 0.3) is 0 Å². The molecule has 2 heteroatoms. The van der Waals surface area contributed by atoms with Crippen LogP contribution in [0.4, 0.5) is 0 Å². The lowest BCUT2D eigenvalue weighted by molar-refractivity contribution is 0.792. The van der Waals surface area contributed by atoms with E-state index in [4.69, 9.17) is 0 Å². The summed E-state index contributed by atoms with van der Waals surface area (Å²) >= 11 is 1.69. The molecule has 1 aromatic heterocycles. The highest BCUT2D eigenvalue weighted by molar-refractivity contribution is 7.06. The van der Waals surface area contributed by atoms with Crippen molar-refractivity contribution < 1.29 is 0 Å². The molecule has 0 spiro atoms. The Morgan fingerprint density at radius 1 is 1.07 bits per heavy atom. The van der Waals surface area contributed by atoms with E-state index in [9.17, 15) is 0 Å². The smallest absolute Gasteiger partial charge is 0.0576 e. The molecule has 0 aliphatic heterocycles. The van der Waals surface area contributed by atoms with Crippen molar-refractivity contribution in [3.63, 3.8) is 0 Å². The standard InChI is InChI=1S/C11H19NS.C2H6/c1-6-9-10(7(2)3)11(8(4)5)13-12-9;1-2/h7-8H,6H2,1-5H3;1-2H3. The molecule has 1 heterocycles. The van der Waals surface area contributed by atoms with Gasteiger partial charge >= 0.3 is 0 Å². The van der Waals surface area contributed by atoms with E-state index in [0.717, 1.165) is 6.42 Å². The van der Waals surface area contributed by atoms with Gasteiger partial charge in [-0.15, -0.1) is 0 Å². The van der Waals surface area contributed by atoms with Gasteiger partial charge in [-0.2, -0.15) is 4.37 Å². The van der Waals surface area contributed by atoms with Crippen molar-refractivity contribution in [1.82, 2.24) is 4.37 Å². The van der Waals surface area contributed by atoms with Gasteiger partial charge in [0.1, 0.15) is 0 Å². The fraction of sp³-hybridized carbons (Fsp3) is 0.769. The quantitative estimate of drug-likeness (QED) is 0.710. The fourth-order valence-corrected chi connectivity index (χ4v) is 2.73. The van der Waals surface area contributed by atoms with Gasteiger partial charge in [-0.25, -0.2) is 0 Å². The Morgan fingerprint density at radius 3 is 1.93 bits per heavy atom. The molecule has 15 heavy (non-hydrogen) atoms. The number of rotatable bonds is 3. The normalized spacial score (nSPS) is 10.5. The predicted molar refractivity (Wildman–Crippen MR) is 71.0 cm³/mol. The lowest BCUT2D eigenvalue weighted by Gasteiger charge is -2.10. The molecule has 1 aromatic rings. The summed E-state index contributed by atoms with van der Waals surface area (Å²) in [6.07, 6.45) is 1.07. The lowest BCUT2D eigenvalue weighted by atomic mass is 9.96. The summed E-state index contributed by atoms with van der Waals surface area (Å²) in [6.45, 7) is 15.2. The van der Waals surface area contributed by atoms with Gasteiger partial charge in [0.15, 0.2) is 0 Å². The van der Waals surface area contributed by atoms with Crippen molar-refractivity contribution in [3.8, 4) is 0 Å². The van der Waals surface area contributed by atoms with E-state index >= 15 is 0 Å². The van der Waals surface area contributed by atoms with Gasteiger partial charge in [-0.1, -0.05) is 48.5 Å². The predicted octanol–water partition coefficient (Wildman–Crippen LogP) is 4.98. The highest BCUT2D eigenvalue weighted by atomic mass is 32.1. The molecule has 0 saturated carbocycles. The van der Waals surface area contributed by atoms with E-state index in [1.165, 1.54) is 16.1 Å². The molecule has 88 valence electrons. The molecular formula is C13H25NS. The average molecular weight is 227 g/mol. The third kappa shape index (κ3) is 3.60. The van der Waals surface area contributed by atoms with Crippen molar-refractivity contribution in [2.45, 2.75) is 66.7 Å². The van der Waals surface area contributed by atoms with Gasteiger partial charge in [-0.05, 0) is 35.4 Å². The van der Waals surface area contributed by atoms with Crippen LogP contribution < -0.4 is 0 Å². The van der Waals surface area contributed by atoms with Crippen LogP contribution in [0.2, 0.25) is 0 Å². The van der Waals surface area contributed by atoms with Crippen LogP contribution in [0, 0.1) is 0 Å². The Kier molecular flexibility index (Phi) is 6.82. The van der Waals surface area contributed by atoms with Crippen molar-refractivity contribution in [2.75, 3.05) is 0 Å². The van der Waals surface area contributed by atoms with Crippen molar-refractivity contribution in [3.05, 3.63) is 16.1 Å².